The van der Waals surface area contributed by atoms with Crippen LogP contribution in [-0.4, -0.2) is 10.6 Å². The van der Waals surface area contributed by atoms with E-state index in [0.717, 1.165) is 17.7 Å². The van der Waals surface area contributed by atoms with E-state index in [4.69, 9.17) is 0 Å². The predicted molar refractivity (Wildman–Crippen MR) is 66.7 cm³/mol. The number of phenols is 1. The molecule has 2 nitrogen and oxygen atoms in total. The molecule has 2 heteroatoms. The number of phenolic OH excluding ortho intramolecular Hbond substituents is 1. The molecule has 1 fully saturated rings. The molecular formula is C14H21NO. The van der Waals surface area contributed by atoms with Crippen LogP contribution in [0, 0.1) is 13.8 Å². The van der Waals surface area contributed by atoms with E-state index < -0.39 is 0 Å². The molecule has 0 amide bonds. The van der Waals surface area contributed by atoms with Gasteiger partial charge in [-0.1, -0.05) is 6.07 Å². The fraction of sp³-hybridized carbons (Fsp3) is 0.571. The maximum atomic E-state index is 9.86. The standard InChI is InChI=1S/C14H21NO/c1-10-7-12(13(16)8-11(10)2)9-15-14(3)5-4-6-14/h7-8,15-16H,4-6,9H2,1-3H3. The second kappa shape index (κ2) is 4.10. The zero-order valence-corrected chi connectivity index (χ0v) is 10.4. The summed E-state index contributed by atoms with van der Waals surface area (Å²) in [5.41, 5.74) is 3.70. The third kappa shape index (κ3) is 2.22. The summed E-state index contributed by atoms with van der Waals surface area (Å²) in [6.45, 7) is 7.14. The van der Waals surface area contributed by atoms with Crippen LogP contribution < -0.4 is 5.32 Å². The van der Waals surface area contributed by atoms with Crippen molar-refractivity contribution in [1.82, 2.24) is 5.32 Å². The van der Waals surface area contributed by atoms with Gasteiger partial charge in [-0.05, 0) is 57.2 Å². The Morgan fingerprint density at radius 2 is 1.88 bits per heavy atom. The lowest BCUT2D eigenvalue weighted by Gasteiger charge is -2.39. The largest absolute Gasteiger partial charge is 0.508 e. The van der Waals surface area contributed by atoms with E-state index in [1.54, 1.807) is 0 Å². The van der Waals surface area contributed by atoms with E-state index in [9.17, 15) is 5.11 Å². The van der Waals surface area contributed by atoms with Crippen molar-refractivity contribution in [1.29, 1.82) is 0 Å². The molecule has 0 radical (unpaired) electrons. The lowest BCUT2D eigenvalue weighted by atomic mass is 9.78. The Hall–Kier alpha value is -1.02. The SMILES string of the molecule is Cc1cc(O)c(CNC2(C)CCC2)cc1C. The van der Waals surface area contributed by atoms with Crippen molar-refractivity contribution in [3.05, 3.63) is 28.8 Å². The quantitative estimate of drug-likeness (QED) is 0.819. The van der Waals surface area contributed by atoms with Crippen LogP contribution in [0.4, 0.5) is 0 Å². The summed E-state index contributed by atoms with van der Waals surface area (Å²) in [6, 6.07) is 3.94. The van der Waals surface area contributed by atoms with Crippen molar-refractivity contribution in [3.63, 3.8) is 0 Å². The summed E-state index contributed by atoms with van der Waals surface area (Å²) in [6.07, 6.45) is 3.82. The lowest BCUT2D eigenvalue weighted by molar-refractivity contribution is 0.206. The molecule has 1 aliphatic carbocycles. The second-order valence-corrected chi connectivity index (χ2v) is 5.33. The van der Waals surface area contributed by atoms with Crippen LogP contribution >= 0.6 is 0 Å². The van der Waals surface area contributed by atoms with E-state index >= 15 is 0 Å². The first-order chi connectivity index (χ1) is 7.50. The van der Waals surface area contributed by atoms with Crippen molar-refractivity contribution >= 4 is 0 Å². The van der Waals surface area contributed by atoms with Crippen LogP contribution in [0.3, 0.4) is 0 Å². The van der Waals surface area contributed by atoms with Crippen molar-refractivity contribution in [2.75, 3.05) is 0 Å². The maximum Gasteiger partial charge on any atom is 0.120 e. The Morgan fingerprint density at radius 1 is 1.25 bits per heavy atom. The fourth-order valence-electron chi connectivity index (χ4n) is 2.19. The van der Waals surface area contributed by atoms with Crippen LogP contribution in [0.1, 0.15) is 42.9 Å². The molecule has 2 rings (SSSR count). The topological polar surface area (TPSA) is 32.3 Å². The molecule has 1 aliphatic rings. The zero-order chi connectivity index (χ0) is 11.8. The van der Waals surface area contributed by atoms with Crippen molar-refractivity contribution in [2.24, 2.45) is 0 Å². The molecule has 0 bridgehead atoms. The second-order valence-electron chi connectivity index (χ2n) is 5.33. The number of aromatic hydroxyl groups is 1. The highest BCUT2D eigenvalue weighted by Gasteiger charge is 2.30. The third-order valence-electron chi connectivity index (χ3n) is 3.86. The Bertz CT molecular complexity index is 394. The van der Waals surface area contributed by atoms with Crippen molar-refractivity contribution in [3.8, 4) is 5.75 Å². The molecule has 0 aromatic heterocycles. The minimum atomic E-state index is 0.297. The molecule has 0 saturated heterocycles. The van der Waals surface area contributed by atoms with E-state index in [-0.39, 0.29) is 0 Å². The Labute approximate surface area is 97.7 Å². The summed E-state index contributed by atoms with van der Waals surface area (Å²) in [7, 11) is 0. The molecule has 1 saturated carbocycles. The molecule has 0 spiro atoms. The van der Waals surface area contributed by atoms with Gasteiger partial charge in [-0.2, -0.15) is 0 Å². The highest BCUT2D eigenvalue weighted by Crippen LogP contribution is 2.32. The van der Waals surface area contributed by atoms with Gasteiger partial charge in [0.15, 0.2) is 0 Å². The van der Waals surface area contributed by atoms with Gasteiger partial charge in [0.1, 0.15) is 5.75 Å². The zero-order valence-electron chi connectivity index (χ0n) is 10.4. The number of rotatable bonds is 3. The number of benzene rings is 1. The number of aryl methyl sites for hydroxylation is 2. The van der Waals surface area contributed by atoms with Gasteiger partial charge < -0.3 is 10.4 Å². The van der Waals surface area contributed by atoms with E-state index in [1.165, 1.54) is 24.8 Å². The Balaban J connectivity index is 2.06. The first-order valence-corrected chi connectivity index (χ1v) is 6.04. The van der Waals surface area contributed by atoms with Gasteiger partial charge in [0.25, 0.3) is 0 Å². The van der Waals surface area contributed by atoms with E-state index in [0.29, 0.717) is 11.3 Å². The van der Waals surface area contributed by atoms with Gasteiger partial charge >= 0.3 is 0 Å². The molecule has 16 heavy (non-hydrogen) atoms. The summed E-state index contributed by atoms with van der Waals surface area (Å²) < 4.78 is 0. The van der Waals surface area contributed by atoms with Gasteiger partial charge in [-0.15, -0.1) is 0 Å². The summed E-state index contributed by atoms with van der Waals surface area (Å²) >= 11 is 0. The normalized spacial score (nSPS) is 18.2. The van der Waals surface area contributed by atoms with Gasteiger partial charge in [0, 0.05) is 17.6 Å². The van der Waals surface area contributed by atoms with Gasteiger partial charge in [0.2, 0.25) is 0 Å². The molecule has 2 N–H and O–H groups in total. The van der Waals surface area contributed by atoms with Gasteiger partial charge in [-0.25, -0.2) is 0 Å². The summed E-state index contributed by atoms with van der Waals surface area (Å²) in [5.74, 6) is 0.415. The number of hydrogen-bond acceptors (Lipinski definition) is 2. The van der Waals surface area contributed by atoms with Crippen molar-refractivity contribution < 1.29 is 5.11 Å². The summed E-state index contributed by atoms with van der Waals surface area (Å²) in [5, 5.41) is 13.4. The Morgan fingerprint density at radius 3 is 2.44 bits per heavy atom. The molecule has 1 aromatic rings. The summed E-state index contributed by atoms with van der Waals surface area (Å²) in [4.78, 5) is 0. The molecule has 0 unspecified atom stereocenters. The molecule has 0 heterocycles. The minimum Gasteiger partial charge on any atom is -0.508 e. The van der Waals surface area contributed by atoms with E-state index in [1.807, 2.05) is 13.0 Å². The Kier molecular flexibility index (Phi) is 2.94. The molecule has 0 atom stereocenters. The predicted octanol–water partition coefficient (Wildman–Crippen LogP) is 3.04. The molecule has 0 aliphatic heterocycles. The number of nitrogens with one attached hydrogen (secondary N) is 1. The third-order valence-corrected chi connectivity index (χ3v) is 3.86. The molecule has 88 valence electrons. The van der Waals surface area contributed by atoms with Crippen LogP contribution in [0.5, 0.6) is 5.75 Å². The highest BCUT2D eigenvalue weighted by atomic mass is 16.3. The van der Waals surface area contributed by atoms with Crippen LogP contribution in [0.25, 0.3) is 0 Å². The molecule has 1 aromatic carbocycles. The number of hydrogen-bond donors (Lipinski definition) is 2. The van der Waals surface area contributed by atoms with Gasteiger partial charge in [0.05, 0.1) is 0 Å². The lowest BCUT2D eigenvalue weighted by Crippen LogP contribution is -2.47. The fourth-order valence-corrected chi connectivity index (χ4v) is 2.19. The van der Waals surface area contributed by atoms with Gasteiger partial charge in [-0.3, -0.25) is 0 Å². The van der Waals surface area contributed by atoms with Crippen LogP contribution in [-0.2, 0) is 6.54 Å². The first kappa shape index (κ1) is 11.5. The van der Waals surface area contributed by atoms with Crippen molar-refractivity contribution in [2.45, 2.75) is 52.1 Å². The molecular weight excluding hydrogens is 198 g/mol. The average Bonchev–Trinajstić information content (AvgIpc) is 2.19. The van der Waals surface area contributed by atoms with E-state index in [2.05, 4.69) is 25.2 Å². The first-order valence-electron chi connectivity index (χ1n) is 6.04. The highest BCUT2D eigenvalue weighted by molar-refractivity contribution is 5.40. The maximum absolute atomic E-state index is 9.86. The van der Waals surface area contributed by atoms with Crippen LogP contribution in [0.15, 0.2) is 12.1 Å². The average molecular weight is 219 g/mol. The minimum absolute atomic E-state index is 0.297. The smallest absolute Gasteiger partial charge is 0.120 e. The monoisotopic (exact) mass is 219 g/mol. The van der Waals surface area contributed by atoms with Crippen LogP contribution in [0.2, 0.25) is 0 Å².